The molecule has 7 nitrogen and oxygen atoms in total. The fraction of sp³-hybridized carbons (Fsp3) is 0.682. The zero-order valence-electron chi connectivity index (χ0n) is 18.1. The van der Waals surface area contributed by atoms with E-state index < -0.39 is 5.60 Å². The van der Waals surface area contributed by atoms with Crippen LogP contribution in [0.3, 0.4) is 0 Å². The highest BCUT2D eigenvalue weighted by Gasteiger charge is 2.29. The first-order chi connectivity index (χ1) is 13.9. The minimum Gasteiger partial charge on any atom is -0.444 e. The van der Waals surface area contributed by atoms with E-state index in [2.05, 4.69) is 16.0 Å². The smallest absolute Gasteiger partial charge is 0.410 e. The van der Waals surface area contributed by atoms with Crippen molar-refractivity contribution >= 4 is 23.1 Å². The Kier molecular flexibility index (Phi) is 5.40. The lowest BCUT2D eigenvalue weighted by molar-refractivity contribution is 0.0204. The maximum Gasteiger partial charge on any atom is 0.410 e. The van der Waals surface area contributed by atoms with Gasteiger partial charge < -0.3 is 19.5 Å². The van der Waals surface area contributed by atoms with E-state index >= 15 is 0 Å². The summed E-state index contributed by atoms with van der Waals surface area (Å²) in [4.78, 5) is 23.6. The van der Waals surface area contributed by atoms with Crippen LogP contribution in [0.1, 0.15) is 76.9 Å². The first-order valence-electron chi connectivity index (χ1n) is 10.9. The van der Waals surface area contributed by atoms with Gasteiger partial charge in [-0.05, 0) is 52.5 Å². The molecule has 0 atom stereocenters. The van der Waals surface area contributed by atoms with Gasteiger partial charge in [-0.1, -0.05) is 12.8 Å². The molecule has 0 bridgehead atoms. The molecular formula is C22H33N5O2. The number of likely N-dealkylation sites (tertiary alicyclic amines) is 1. The molecule has 0 spiro atoms. The van der Waals surface area contributed by atoms with Crippen molar-refractivity contribution in [3.05, 3.63) is 18.0 Å². The minimum absolute atomic E-state index is 0.211. The summed E-state index contributed by atoms with van der Waals surface area (Å²) in [5.74, 6) is 1.30. The molecule has 2 aromatic heterocycles. The van der Waals surface area contributed by atoms with Crippen molar-refractivity contribution in [3.8, 4) is 0 Å². The highest BCUT2D eigenvalue weighted by molar-refractivity contribution is 5.78. The van der Waals surface area contributed by atoms with Crippen LogP contribution in [-0.4, -0.2) is 51.3 Å². The molecule has 2 aliphatic rings. The largest absolute Gasteiger partial charge is 0.444 e. The number of nitrogens with one attached hydrogen (secondary N) is 1. The van der Waals surface area contributed by atoms with Gasteiger partial charge in [0.25, 0.3) is 0 Å². The third-order valence-electron chi connectivity index (χ3n) is 6.08. The van der Waals surface area contributed by atoms with Crippen LogP contribution in [0.2, 0.25) is 0 Å². The van der Waals surface area contributed by atoms with Crippen LogP contribution in [0.15, 0.2) is 12.3 Å². The molecule has 2 fully saturated rings. The van der Waals surface area contributed by atoms with Crippen LogP contribution in [0.25, 0.3) is 11.0 Å². The Morgan fingerprint density at radius 1 is 1.17 bits per heavy atom. The molecular weight excluding hydrogens is 366 g/mol. The van der Waals surface area contributed by atoms with Gasteiger partial charge in [0.05, 0.1) is 11.7 Å². The molecule has 1 aliphatic heterocycles. The van der Waals surface area contributed by atoms with E-state index in [4.69, 9.17) is 14.7 Å². The first-order valence-corrected chi connectivity index (χ1v) is 10.9. The molecule has 1 saturated heterocycles. The van der Waals surface area contributed by atoms with Gasteiger partial charge in [0.1, 0.15) is 11.1 Å². The summed E-state index contributed by atoms with van der Waals surface area (Å²) in [6.07, 6.45) is 8.53. The van der Waals surface area contributed by atoms with Gasteiger partial charge in [-0.3, -0.25) is 4.98 Å². The number of anilines is 1. The molecule has 0 radical (unpaired) electrons. The van der Waals surface area contributed by atoms with Gasteiger partial charge in [0.15, 0.2) is 0 Å². The number of hydrogen-bond acceptors (Lipinski definition) is 5. The fourth-order valence-electron chi connectivity index (χ4n) is 4.63. The molecule has 1 saturated carbocycles. The van der Waals surface area contributed by atoms with Gasteiger partial charge in [-0.25, -0.2) is 9.78 Å². The van der Waals surface area contributed by atoms with Crippen molar-refractivity contribution in [3.63, 3.8) is 0 Å². The van der Waals surface area contributed by atoms with Crippen LogP contribution in [-0.2, 0) is 4.74 Å². The lowest BCUT2D eigenvalue weighted by atomic mass is 9.93. The van der Waals surface area contributed by atoms with Gasteiger partial charge in [0, 0.05) is 37.8 Å². The Hall–Kier alpha value is -2.31. The monoisotopic (exact) mass is 399 g/mol. The van der Waals surface area contributed by atoms with E-state index in [0.29, 0.717) is 25.0 Å². The van der Waals surface area contributed by atoms with Crippen molar-refractivity contribution in [1.82, 2.24) is 19.4 Å². The Bertz CT molecular complexity index is 871. The van der Waals surface area contributed by atoms with Crippen molar-refractivity contribution in [2.75, 3.05) is 25.5 Å². The number of aromatic nitrogens is 3. The van der Waals surface area contributed by atoms with Crippen LogP contribution < -0.4 is 5.32 Å². The van der Waals surface area contributed by atoms with E-state index in [0.717, 1.165) is 30.0 Å². The van der Waals surface area contributed by atoms with Crippen molar-refractivity contribution in [2.45, 2.75) is 76.9 Å². The number of nitrogens with zero attached hydrogens (tertiary/aromatic N) is 4. The molecule has 0 unspecified atom stereocenters. The average molecular weight is 400 g/mol. The number of piperidine rings is 1. The predicted molar refractivity (Wildman–Crippen MR) is 114 cm³/mol. The summed E-state index contributed by atoms with van der Waals surface area (Å²) >= 11 is 0. The van der Waals surface area contributed by atoms with E-state index in [1.165, 1.54) is 31.2 Å². The van der Waals surface area contributed by atoms with Crippen LogP contribution in [0, 0.1) is 0 Å². The molecule has 7 heteroatoms. The Morgan fingerprint density at radius 2 is 1.86 bits per heavy atom. The molecule has 1 aliphatic carbocycles. The number of hydrogen-bond donors (Lipinski definition) is 1. The topological polar surface area (TPSA) is 72.3 Å². The second-order valence-electron chi connectivity index (χ2n) is 9.33. The Morgan fingerprint density at radius 3 is 2.48 bits per heavy atom. The van der Waals surface area contributed by atoms with E-state index in [1.807, 2.05) is 38.9 Å². The quantitative estimate of drug-likeness (QED) is 0.810. The predicted octanol–water partition coefficient (Wildman–Crippen LogP) is 4.70. The third kappa shape index (κ3) is 4.19. The van der Waals surface area contributed by atoms with Gasteiger partial charge in [-0.2, -0.15) is 0 Å². The molecule has 1 N–H and O–H groups in total. The summed E-state index contributed by atoms with van der Waals surface area (Å²) in [5, 5.41) is 3.26. The zero-order valence-corrected chi connectivity index (χ0v) is 18.1. The Balaban J connectivity index is 1.52. The van der Waals surface area contributed by atoms with Gasteiger partial charge >= 0.3 is 6.09 Å². The van der Waals surface area contributed by atoms with Crippen LogP contribution >= 0.6 is 0 Å². The SMILES string of the molecule is CNc1nc2cnc(C3CCN(C(=O)OC(C)(C)C)CC3)cc2n1C1CCCC1. The molecule has 0 aromatic carbocycles. The number of pyridine rings is 1. The van der Waals surface area contributed by atoms with Crippen LogP contribution in [0.5, 0.6) is 0 Å². The molecule has 1 amide bonds. The van der Waals surface area contributed by atoms with Crippen molar-refractivity contribution in [2.24, 2.45) is 0 Å². The Labute approximate surface area is 172 Å². The second kappa shape index (κ2) is 7.84. The molecule has 2 aromatic rings. The number of ether oxygens (including phenoxy) is 1. The number of carbonyl (C=O) groups excluding carboxylic acids is 1. The highest BCUT2D eigenvalue weighted by Crippen LogP contribution is 2.36. The number of fused-ring (bicyclic) bond motifs is 1. The van der Waals surface area contributed by atoms with Crippen LogP contribution in [0.4, 0.5) is 10.7 Å². The maximum atomic E-state index is 12.3. The van der Waals surface area contributed by atoms with Crippen molar-refractivity contribution < 1.29 is 9.53 Å². The van der Waals surface area contributed by atoms with E-state index in [1.54, 1.807) is 0 Å². The third-order valence-corrected chi connectivity index (χ3v) is 6.08. The summed E-state index contributed by atoms with van der Waals surface area (Å²) in [6.45, 7) is 7.14. The minimum atomic E-state index is -0.454. The maximum absolute atomic E-state index is 12.3. The lowest BCUT2D eigenvalue weighted by Gasteiger charge is -2.33. The normalized spacial score (nSPS) is 19.1. The lowest BCUT2D eigenvalue weighted by Crippen LogP contribution is -2.41. The summed E-state index contributed by atoms with van der Waals surface area (Å²) in [7, 11) is 1.94. The number of rotatable bonds is 3. The zero-order chi connectivity index (χ0) is 20.6. The molecule has 29 heavy (non-hydrogen) atoms. The highest BCUT2D eigenvalue weighted by atomic mass is 16.6. The van der Waals surface area contributed by atoms with E-state index in [9.17, 15) is 4.79 Å². The summed E-state index contributed by atoms with van der Waals surface area (Å²) in [6, 6.07) is 2.75. The average Bonchev–Trinajstić information content (AvgIpc) is 3.33. The molecule has 4 rings (SSSR count). The second-order valence-corrected chi connectivity index (χ2v) is 9.33. The summed E-state index contributed by atoms with van der Waals surface area (Å²) in [5.41, 5.74) is 2.80. The first kappa shape index (κ1) is 20.0. The van der Waals surface area contributed by atoms with Gasteiger partial charge in [0.2, 0.25) is 5.95 Å². The number of amides is 1. The molecule has 158 valence electrons. The standard InChI is InChI=1S/C22H33N5O2/c1-22(2,3)29-21(28)26-11-9-15(10-12-26)17-13-19-18(14-24-17)25-20(23-4)27(19)16-7-5-6-8-16/h13-16H,5-12H2,1-4H3,(H,23,25). The van der Waals surface area contributed by atoms with E-state index in [-0.39, 0.29) is 6.09 Å². The number of imidazole rings is 1. The van der Waals surface area contributed by atoms with Gasteiger partial charge in [-0.15, -0.1) is 0 Å². The van der Waals surface area contributed by atoms with Crippen molar-refractivity contribution in [1.29, 1.82) is 0 Å². The summed E-state index contributed by atoms with van der Waals surface area (Å²) < 4.78 is 7.89. The fourth-order valence-corrected chi connectivity index (χ4v) is 4.63. The number of carbonyl (C=O) groups is 1. The molecule has 3 heterocycles.